The van der Waals surface area contributed by atoms with Crippen LogP contribution in [0.5, 0.6) is 0 Å². The first-order chi connectivity index (χ1) is 5.40. The molecule has 0 aromatic carbocycles. The first-order valence-electron chi connectivity index (χ1n) is 3.67. The molecular weight excluding hydrogens is 160 g/mol. The van der Waals surface area contributed by atoms with Gasteiger partial charge in [-0.2, -0.15) is 5.48 Å². The van der Waals surface area contributed by atoms with Crippen molar-refractivity contribution in [2.24, 2.45) is 11.1 Å². The van der Waals surface area contributed by atoms with Gasteiger partial charge in [-0.25, -0.2) is 9.59 Å². The lowest BCUT2D eigenvalue weighted by molar-refractivity contribution is -0.159. The number of nitrogens with one attached hydrogen (secondary N) is 1. The topological polar surface area (TPSA) is 81.4 Å². The van der Waals surface area contributed by atoms with E-state index in [4.69, 9.17) is 5.73 Å². The smallest absolute Gasteiger partial charge is 0.345 e. The molecule has 0 aliphatic heterocycles. The van der Waals surface area contributed by atoms with E-state index in [1.165, 1.54) is 0 Å². The molecule has 0 bridgehead atoms. The molecule has 0 rings (SSSR count). The van der Waals surface area contributed by atoms with E-state index >= 15 is 0 Å². The number of hydrogen-bond donors (Lipinski definition) is 2. The van der Waals surface area contributed by atoms with Crippen LogP contribution in [0.15, 0.2) is 0 Å². The van der Waals surface area contributed by atoms with Crippen molar-refractivity contribution in [2.45, 2.75) is 27.2 Å². The van der Waals surface area contributed by atoms with Gasteiger partial charge in [-0.15, -0.1) is 0 Å². The lowest BCUT2D eigenvalue weighted by Gasteiger charge is -2.18. The summed E-state index contributed by atoms with van der Waals surface area (Å²) in [6.07, 6.45) is 0.631. The van der Waals surface area contributed by atoms with Crippen molar-refractivity contribution in [3.8, 4) is 0 Å². The molecule has 0 unspecified atom stereocenters. The Morgan fingerprint density at radius 1 is 1.50 bits per heavy atom. The van der Waals surface area contributed by atoms with Crippen LogP contribution in [0.4, 0.5) is 4.79 Å². The average Bonchev–Trinajstić information content (AvgIpc) is 2.00. The van der Waals surface area contributed by atoms with Gasteiger partial charge in [-0.1, -0.05) is 6.92 Å². The minimum atomic E-state index is -0.879. The summed E-state index contributed by atoms with van der Waals surface area (Å²) in [6.45, 7) is 5.29. The van der Waals surface area contributed by atoms with Crippen LogP contribution in [0.2, 0.25) is 0 Å². The van der Waals surface area contributed by atoms with Crippen molar-refractivity contribution >= 4 is 12.0 Å². The average molecular weight is 174 g/mol. The van der Waals surface area contributed by atoms with Gasteiger partial charge < -0.3 is 10.6 Å². The van der Waals surface area contributed by atoms with E-state index in [0.717, 1.165) is 0 Å². The van der Waals surface area contributed by atoms with Crippen LogP contribution in [0.25, 0.3) is 0 Å². The zero-order chi connectivity index (χ0) is 9.78. The van der Waals surface area contributed by atoms with Crippen molar-refractivity contribution < 1.29 is 14.4 Å². The number of carbonyl (C=O) groups is 2. The number of hydroxylamine groups is 1. The molecule has 70 valence electrons. The molecule has 0 heterocycles. The van der Waals surface area contributed by atoms with Crippen molar-refractivity contribution in [3.63, 3.8) is 0 Å². The third-order valence-corrected chi connectivity index (χ3v) is 1.68. The number of amides is 2. The zero-order valence-electron chi connectivity index (χ0n) is 7.51. The fraction of sp³-hybridized carbons (Fsp3) is 0.714. The SMILES string of the molecule is CCC(C)(C)C(=O)ONC(N)=O. The number of carbonyl (C=O) groups excluding carboxylic acids is 2. The fourth-order valence-corrected chi connectivity index (χ4v) is 0.379. The van der Waals surface area contributed by atoms with E-state index < -0.39 is 17.4 Å². The van der Waals surface area contributed by atoms with Crippen LogP contribution in [0, 0.1) is 5.41 Å². The number of urea groups is 1. The van der Waals surface area contributed by atoms with Crippen molar-refractivity contribution in [3.05, 3.63) is 0 Å². The van der Waals surface area contributed by atoms with Crippen LogP contribution in [0.3, 0.4) is 0 Å². The molecule has 0 aromatic heterocycles. The summed E-state index contributed by atoms with van der Waals surface area (Å²) in [4.78, 5) is 25.7. The Hall–Kier alpha value is -1.26. The van der Waals surface area contributed by atoms with Crippen LogP contribution < -0.4 is 11.2 Å². The Kier molecular flexibility index (Phi) is 3.53. The first-order valence-corrected chi connectivity index (χ1v) is 3.67. The molecule has 0 saturated carbocycles. The van der Waals surface area contributed by atoms with Gasteiger partial charge in [-0.3, -0.25) is 0 Å². The van der Waals surface area contributed by atoms with E-state index in [2.05, 4.69) is 4.84 Å². The molecule has 0 radical (unpaired) electrons. The van der Waals surface area contributed by atoms with E-state index in [1.54, 1.807) is 19.3 Å². The molecule has 0 spiro atoms. The van der Waals surface area contributed by atoms with Gasteiger partial charge in [0.2, 0.25) is 0 Å². The predicted octanol–water partition coefficient (Wildman–Crippen LogP) is 0.549. The quantitative estimate of drug-likeness (QED) is 0.600. The molecule has 0 aliphatic rings. The first kappa shape index (κ1) is 10.7. The van der Waals surface area contributed by atoms with Crippen molar-refractivity contribution in [1.29, 1.82) is 0 Å². The zero-order valence-corrected chi connectivity index (χ0v) is 7.51. The second-order valence-corrected chi connectivity index (χ2v) is 3.09. The molecular formula is C7H14N2O3. The fourth-order valence-electron chi connectivity index (χ4n) is 0.379. The number of primary amides is 1. The number of rotatable bonds is 2. The minimum Gasteiger partial charge on any atom is -0.349 e. The Bertz CT molecular complexity index is 189. The summed E-state index contributed by atoms with van der Waals surface area (Å²) >= 11 is 0. The summed E-state index contributed by atoms with van der Waals surface area (Å²) in [7, 11) is 0. The minimum absolute atomic E-state index is 0.496. The lowest BCUT2D eigenvalue weighted by Crippen LogP contribution is -2.37. The summed E-state index contributed by atoms with van der Waals surface area (Å²) in [6, 6.07) is -0.879. The monoisotopic (exact) mass is 174 g/mol. The van der Waals surface area contributed by atoms with Crippen LogP contribution >= 0.6 is 0 Å². The summed E-state index contributed by atoms with van der Waals surface area (Å²) in [5, 5.41) is 0. The summed E-state index contributed by atoms with van der Waals surface area (Å²) < 4.78 is 0. The highest BCUT2D eigenvalue weighted by Crippen LogP contribution is 2.20. The highest BCUT2D eigenvalue weighted by Gasteiger charge is 2.27. The highest BCUT2D eigenvalue weighted by atomic mass is 16.7. The highest BCUT2D eigenvalue weighted by molar-refractivity contribution is 5.78. The summed E-state index contributed by atoms with van der Waals surface area (Å²) in [5.74, 6) is -0.496. The molecule has 3 N–H and O–H groups in total. The largest absolute Gasteiger partial charge is 0.349 e. The predicted molar refractivity (Wildman–Crippen MR) is 42.9 cm³/mol. The molecule has 0 atom stereocenters. The Morgan fingerprint density at radius 3 is 2.33 bits per heavy atom. The van der Waals surface area contributed by atoms with Gasteiger partial charge in [0, 0.05) is 0 Å². The Morgan fingerprint density at radius 2 is 2.00 bits per heavy atom. The van der Waals surface area contributed by atoms with Crippen LogP contribution in [-0.4, -0.2) is 12.0 Å². The second kappa shape index (κ2) is 3.94. The maximum Gasteiger partial charge on any atom is 0.345 e. The Balaban J connectivity index is 3.96. The van der Waals surface area contributed by atoms with Gasteiger partial charge in [0.25, 0.3) is 0 Å². The van der Waals surface area contributed by atoms with Crippen LogP contribution in [-0.2, 0) is 9.63 Å². The third-order valence-electron chi connectivity index (χ3n) is 1.68. The van der Waals surface area contributed by atoms with E-state index in [0.29, 0.717) is 6.42 Å². The van der Waals surface area contributed by atoms with E-state index in [1.807, 2.05) is 6.92 Å². The summed E-state index contributed by atoms with van der Waals surface area (Å²) in [5.41, 5.74) is 5.88. The lowest BCUT2D eigenvalue weighted by atomic mass is 9.91. The molecule has 0 fully saturated rings. The molecule has 5 nitrogen and oxygen atoms in total. The van der Waals surface area contributed by atoms with Gasteiger partial charge in [0.15, 0.2) is 0 Å². The normalized spacial score (nSPS) is 10.6. The maximum atomic E-state index is 11.1. The standard InChI is InChI=1S/C7H14N2O3/c1-4-7(2,3)5(10)12-9-6(8)11/h4H2,1-3H3,(H3,8,9,11). The van der Waals surface area contributed by atoms with Crippen molar-refractivity contribution in [1.82, 2.24) is 5.48 Å². The number of nitrogens with two attached hydrogens (primary N) is 1. The van der Waals surface area contributed by atoms with Gasteiger partial charge in [0.1, 0.15) is 0 Å². The maximum absolute atomic E-state index is 11.1. The third kappa shape index (κ3) is 3.23. The molecule has 0 aliphatic carbocycles. The van der Waals surface area contributed by atoms with Crippen LogP contribution in [0.1, 0.15) is 27.2 Å². The van der Waals surface area contributed by atoms with Gasteiger partial charge in [0.05, 0.1) is 5.41 Å². The van der Waals surface area contributed by atoms with E-state index in [9.17, 15) is 9.59 Å². The molecule has 12 heavy (non-hydrogen) atoms. The van der Waals surface area contributed by atoms with Gasteiger partial charge in [-0.05, 0) is 20.3 Å². The molecule has 0 aromatic rings. The molecule has 0 saturated heterocycles. The Labute approximate surface area is 71.2 Å². The van der Waals surface area contributed by atoms with Crippen molar-refractivity contribution in [2.75, 3.05) is 0 Å². The van der Waals surface area contributed by atoms with E-state index in [-0.39, 0.29) is 0 Å². The molecule has 5 heteroatoms. The second-order valence-electron chi connectivity index (χ2n) is 3.09. The number of hydrogen-bond acceptors (Lipinski definition) is 3. The van der Waals surface area contributed by atoms with Gasteiger partial charge >= 0.3 is 12.0 Å². The molecule has 2 amide bonds.